The highest BCUT2D eigenvalue weighted by atomic mass is 32.2. The van der Waals surface area contributed by atoms with E-state index in [9.17, 15) is 12.8 Å². The number of nitrogens with one attached hydrogen (secondary N) is 2. The fourth-order valence-electron chi connectivity index (χ4n) is 4.90. The Morgan fingerprint density at radius 1 is 1.16 bits per heavy atom. The lowest BCUT2D eigenvalue weighted by molar-refractivity contribution is 0.105. The molecule has 0 aliphatic carbocycles. The molecule has 2 N–H and O–H groups in total. The number of rotatable bonds is 8. The van der Waals surface area contributed by atoms with E-state index in [4.69, 9.17) is 5.41 Å². The van der Waals surface area contributed by atoms with Gasteiger partial charge in [0.1, 0.15) is 10.7 Å². The van der Waals surface area contributed by atoms with Crippen molar-refractivity contribution in [2.45, 2.75) is 38.6 Å². The summed E-state index contributed by atoms with van der Waals surface area (Å²) in [5, 5.41) is 11.3. The van der Waals surface area contributed by atoms with E-state index in [2.05, 4.69) is 29.0 Å². The summed E-state index contributed by atoms with van der Waals surface area (Å²) >= 11 is 0. The van der Waals surface area contributed by atoms with E-state index >= 15 is 0 Å². The topological polar surface area (TPSA) is 89.4 Å². The molecule has 1 atom stereocenters. The van der Waals surface area contributed by atoms with E-state index in [1.165, 1.54) is 18.3 Å². The summed E-state index contributed by atoms with van der Waals surface area (Å²) in [5.74, 6) is 0.0982. The third-order valence-electron chi connectivity index (χ3n) is 6.71. The van der Waals surface area contributed by atoms with Crippen LogP contribution in [0.25, 0.3) is 0 Å². The lowest BCUT2D eigenvalue weighted by atomic mass is 9.94. The molecule has 0 bridgehead atoms. The second-order valence-corrected chi connectivity index (χ2v) is 11.8. The smallest absolute Gasteiger partial charge is 0.244 e. The maximum absolute atomic E-state index is 13.6. The molecule has 0 unspecified atom stereocenters. The summed E-state index contributed by atoms with van der Waals surface area (Å²) in [7, 11) is -3.71. The summed E-state index contributed by atoms with van der Waals surface area (Å²) in [4.78, 5) is 6.77. The minimum atomic E-state index is -3.71. The first-order chi connectivity index (χ1) is 17.6. The number of aryl methyl sites for hydroxylation is 2. The van der Waals surface area contributed by atoms with E-state index in [0.29, 0.717) is 36.8 Å². The zero-order valence-corrected chi connectivity index (χ0v) is 22.5. The molecule has 37 heavy (non-hydrogen) atoms. The zero-order chi connectivity index (χ0) is 26.7. The molecular weight excluding hydrogens is 489 g/mol. The Balaban J connectivity index is 1.70. The van der Waals surface area contributed by atoms with Crippen LogP contribution < -0.4 is 5.32 Å². The minimum Gasteiger partial charge on any atom is -0.355 e. The van der Waals surface area contributed by atoms with Gasteiger partial charge in [0.25, 0.3) is 0 Å². The molecule has 4 rings (SSSR count). The van der Waals surface area contributed by atoms with E-state index in [-0.39, 0.29) is 16.8 Å². The SMILES string of the molecule is Cc1cc(Nc2ccc(F)cc2)c(C=N)cc1[C@H]1CN(S(=O)(=O)c2cccnc2C)CCN1CC(C)C. The molecular formula is C28H34FN5O2S. The maximum Gasteiger partial charge on any atom is 0.244 e. The van der Waals surface area contributed by atoms with Crippen molar-refractivity contribution in [3.05, 3.63) is 82.9 Å². The Morgan fingerprint density at radius 2 is 1.89 bits per heavy atom. The van der Waals surface area contributed by atoms with Gasteiger partial charge in [-0.3, -0.25) is 9.88 Å². The maximum atomic E-state index is 13.6. The normalized spacial score (nSPS) is 17.2. The third kappa shape index (κ3) is 5.89. The molecule has 1 saturated heterocycles. The fraction of sp³-hybridized carbons (Fsp3) is 0.357. The van der Waals surface area contributed by atoms with Gasteiger partial charge in [-0.25, -0.2) is 12.8 Å². The van der Waals surface area contributed by atoms with Crippen molar-refractivity contribution in [1.82, 2.24) is 14.2 Å². The van der Waals surface area contributed by atoms with Crippen molar-refractivity contribution in [2.75, 3.05) is 31.5 Å². The summed E-state index contributed by atoms with van der Waals surface area (Å²) in [5.41, 5.74) is 4.61. The van der Waals surface area contributed by atoms with E-state index < -0.39 is 10.0 Å². The number of halogens is 1. The van der Waals surface area contributed by atoms with Crippen LogP contribution in [0.3, 0.4) is 0 Å². The van der Waals surface area contributed by atoms with Crippen molar-refractivity contribution in [2.24, 2.45) is 5.92 Å². The van der Waals surface area contributed by atoms with E-state index in [0.717, 1.165) is 29.0 Å². The van der Waals surface area contributed by atoms with Gasteiger partial charge in [-0.1, -0.05) is 13.8 Å². The van der Waals surface area contributed by atoms with Gasteiger partial charge >= 0.3 is 0 Å². The predicted octanol–water partition coefficient (Wildman–Crippen LogP) is 5.28. The Kier molecular flexibility index (Phi) is 8.06. The number of piperazine rings is 1. The van der Waals surface area contributed by atoms with E-state index in [1.807, 2.05) is 19.1 Å². The Hall–Kier alpha value is -3.14. The Morgan fingerprint density at radius 3 is 2.54 bits per heavy atom. The second-order valence-electron chi connectivity index (χ2n) is 9.93. The van der Waals surface area contributed by atoms with Crippen molar-refractivity contribution in [3.63, 3.8) is 0 Å². The molecule has 0 spiro atoms. The number of pyridine rings is 1. The summed E-state index contributed by atoms with van der Waals surface area (Å²) in [6, 6.07) is 13.1. The van der Waals surface area contributed by atoms with Crippen molar-refractivity contribution in [3.8, 4) is 0 Å². The molecule has 0 radical (unpaired) electrons. The molecule has 2 heterocycles. The molecule has 1 aliphatic rings. The minimum absolute atomic E-state index is 0.165. The number of hydrogen-bond donors (Lipinski definition) is 2. The standard InChI is InChI=1S/C28H34FN5O2S/c1-19(2)17-33-12-13-34(37(35,36)28-6-5-11-31-21(28)4)18-27(33)25-15-22(16-30)26(14-20(25)3)32-24-9-7-23(29)8-10-24/h5-11,14-16,19,27,30,32H,12-13,17-18H2,1-4H3/t27-/m1/s1. The summed E-state index contributed by atoms with van der Waals surface area (Å²) in [6.07, 6.45) is 2.89. The summed E-state index contributed by atoms with van der Waals surface area (Å²) < 4.78 is 42.1. The molecule has 1 aliphatic heterocycles. The monoisotopic (exact) mass is 523 g/mol. The molecule has 0 saturated carbocycles. The zero-order valence-electron chi connectivity index (χ0n) is 21.7. The highest BCUT2D eigenvalue weighted by molar-refractivity contribution is 7.89. The third-order valence-corrected chi connectivity index (χ3v) is 8.70. The quantitative estimate of drug-likeness (QED) is 0.392. The molecule has 1 aromatic heterocycles. The first-order valence-corrected chi connectivity index (χ1v) is 13.9. The molecule has 3 aromatic rings. The molecule has 7 nitrogen and oxygen atoms in total. The van der Waals surface area contributed by atoms with Crippen LogP contribution in [0.2, 0.25) is 0 Å². The van der Waals surface area contributed by atoms with Crippen LogP contribution in [0.1, 0.15) is 42.3 Å². The number of aromatic nitrogens is 1. The Labute approximate surface area is 218 Å². The van der Waals surface area contributed by atoms with Crippen molar-refractivity contribution < 1.29 is 12.8 Å². The number of hydrogen-bond acceptors (Lipinski definition) is 6. The van der Waals surface area contributed by atoms with Gasteiger partial charge in [-0.15, -0.1) is 0 Å². The van der Waals surface area contributed by atoms with Gasteiger partial charge in [-0.05, 0) is 79.4 Å². The predicted molar refractivity (Wildman–Crippen MR) is 146 cm³/mol. The first-order valence-electron chi connectivity index (χ1n) is 12.4. The lowest BCUT2D eigenvalue weighted by Crippen LogP contribution is -2.51. The van der Waals surface area contributed by atoms with Crippen LogP contribution in [0.5, 0.6) is 0 Å². The lowest BCUT2D eigenvalue weighted by Gasteiger charge is -2.42. The molecule has 2 aromatic carbocycles. The summed E-state index contributed by atoms with van der Waals surface area (Å²) in [6.45, 7) is 10.2. The Bertz CT molecular complexity index is 1380. The second kappa shape index (κ2) is 11.1. The number of nitrogens with zero attached hydrogens (tertiary/aromatic N) is 3. The van der Waals surface area contributed by atoms with Crippen LogP contribution in [0, 0.1) is 31.0 Å². The van der Waals surface area contributed by atoms with Crippen LogP contribution in [0.15, 0.2) is 59.6 Å². The first kappa shape index (κ1) is 26.9. The molecule has 9 heteroatoms. The average Bonchev–Trinajstić information content (AvgIpc) is 2.86. The van der Waals surface area contributed by atoms with Crippen LogP contribution in [-0.2, 0) is 10.0 Å². The van der Waals surface area contributed by atoms with Gasteiger partial charge in [-0.2, -0.15) is 4.31 Å². The average molecular weight is 524 g/mol. The molecule has 196 valence electrons. The van der Waals surface area contributed by atoms with E-state index in [1.54, 1.807) is 41.7 Å². The van der Waals surface area contributed by atoms with Gasteiger partial charge < -0.3 is 10.7 Å². The highest BCUT2D eigenvalue weighted by Crippen LogP contribution is 2.34. The van der Waals surface area contributed by atoms with Gasteiger partial charge in [0.2, 0.25) is 10.0 Å². The van der Waals surface area contributed by atoms with Crippen LogP contribution >= 0.6 is 0 Å². The number of anilines is 2. The highest BCUT2D eigenvalue weighted by Gasteiger charge is 2.36. The van der Waals surface area contributed by atoms with Gasteiger partial charge in [0.15, 0.2) is 0 Å². The van der Waals surface area contributed by atoms with Crippen molar-refractivity contribution in [1.29, 1.82) is 5.41 Å². The van der Waals surface area contributed by atoms with Gasteiger partial charge in [0, 0.05) is 61.6 Å². The number of sulfonamides is 1. The fourth-order valence-corrected chi connectivity index (χ4v) is 6.51. The van der Waals surface area contributed by atoms with Crippen molar-refractivity contribution >= 4 is 27.6 Å². The van der Waals surface area contributed by atoms with Crippen LogP contribution in [-0.4, -0.2) is 55.0 Å². The number of benzene rings is 2. The van der Waals surface area contributed by atoms with Gasteiger partial charge in [0.05, 0.1) is 5.69 Å². The molecule has 0 amide bonds. The molecule has 1 fully saturated rings. The largest absolute Gasteiger partial charge is 0.355 e. The van der Waals surface area contributed by atoms with Crippen LogP contribution in [0.4, 0.5) is 15.8 Å².